The van der Waals surface area contributed by atoms with E-state index in [1.54, 1.807) is 6.20 Å². The zero-order valence-corrected chi connectivity index (χ0v) is 14.0. The summed E-state index contributed by atoms with van der Waals surface area (Å²) in [5.41, 5.74) is 3.82. The minimum Gasteiger partial charge on any atom is -0.223 e. The van der Waals surface area contributed by atoms with E-state index in [-0.39, 0.29) is 4.34 Å². The van der Waals surface area contributed by atoms with Crippen molar-refractivity contribution in [1.82, 2.24) is 14.6 Å². The summed E-state index contributed by atoms with van der Waals surface area (Å²) in [6.07, 6.45) is 1.71. The number of nitrogens with two attached hydrogens (primary N) is 1. The number of fused-ring (bicyclic) bond motifs is 1. The highest BCUT2D eigenvalue weighted by Gasteiger charge is 2.18. The first-order valence-corrected chi connectivity index (χ1v) is 9.42. The third kappa shape index (κ3) is 2.60. The highest BCUT2D eigenvalue weighted by atomic mass is 32.2. The predicted octanol–water partition coefficient (Wildman–Crippen LogP) is 2.77. The maximum atomic E-state index is 11.4. The molecule has 24 heavy (non-hydrogen) atoms. The molecule has 2 aromatic heterocycles. The number of benzene rings is 2. The second-order valence-corrected chi connectivity index (χ2v) is 7.87. The minimum absolute atomic E-state index is 0.145. The van der Waals surface area contributed by atoms with Gasteiger partial charge in [0.2, 0.25) is 9.30 Å². The first-order valence-electron chi connectivity index (χ1n) is 7.06. The van der Waals surface area contributed by atoms with Gasteiger partial charge < -0.3 is 0 Å². The van der Waals surface area contributed by atoms with E-state index in [9.17, 15) is 8.42 Å². The molecule has 120 valence electrons. The zero-order valence-electron chi connectivity index (χ0n) is 12.3. The van der Waals surface area contributed by atoms with Crippen molar-refractivity contribution in [2.45, 2.75) is 4.34 Å². The molecule has 0 aliphatic heterocycles. The first-order chi connectivity index (χ1) is 11.5. The van der Waals surface area contributed by atoms with Gasteiger partial charge in [-0.1, -0.05) is 65.9 Å². The molecular formula is C16H12N4O2S2. The molecule has 0 aliphatic rings. The number of primary sulfonamides is 1. The second kappa shape index (κ2) is 5.52. The van der Waals surface area contributed by atoms with Gasteiger partial charge in [-0.2, -0.15) is 0 Å². The lowest BCUT2D eigenvalue weighted by Gasteiger charge is -2.07. The van der Waals surface area contributed by atoms with Crippen molar-refractivity contribution in [1.29, 1.82) is 0 Å². The van der Waals surface area contributed by atoms with Crippen molar-refractivity contribution in [3.05, 3.63) is 60.8 Å². The monoisotopic (exact) mass is 356 g/mol. The van der Waals surface area contributed by atoms with E-state index in [1.807, 2.05) is 54.6 Å². The summed E-state index contributed by atoms with van der Waals surface area (Å²) in [7, 11) is -3.82. The molecule has 8 heteroatoms. The maximum Gasteiger partial charge on any atom is 0.267 e. The molecule has 0 saturated heterocycles. The van der Waals surface area contributed by atoms with E-state index in [2.05, 4.69) is 10.1 Å². The fourth-order valence-electron chi connectivity index (χ4n) is 2.50. The lowest BCUT2D eigenvalue weighted by molar-refractivity contribution is 0.595. The van der Waals surface area contributed by atoms with E-state index >= 15 is 0 Å². The van der Waals surface area contributed by atoms with Crippen molar-refractivity contribution in [2.75, 3.05) is 0 Å². The second-order valence-electron chi connectivity index (χ2n) is 5.18. The van der Waals surface area contributed by atoms with E-state index < -0.39 is 10.0 Å². The third-order valence-electron chi connectivity index (χ3n) is 3.56. The molecule has 0 fully saturated rings. The quantitative estimate of drug-likeness (QED) is 0.611. The molecule has 0 spiro atoms. The van der Waals surface area contributed by atoms with Crippen LogP contribution in [-0.2, 0) is 10.0 Å². The van der Waals surface area contributed by atoms with Gasteiger partial charge in [-0.3, -0.25) is 0 Å². The van der Waals surface area contributed by atoms with Gasteiger partial charge >= 0.3 is 0 Å². The molecule has 0 unspecified atom stereocenters. The van der Waals surface area contributed by atoms with Gasteiger partial charge in [-0.15, -0.1) is 5.10 Å². The first kappa shape index (κ1) is 15.0. The van der Waals surface area contributed by atoms with Crippen molar-refractivity contribution < 1.29 is 8.42 Å². The molecule has 2 N–H and O–H groups in total. The van der Waals surface area contributed by atoms with Crippen LogP contribution < -0.4 is 5.14 Å². The molecule has 0 atom stereocenters. The molecule has 6 nitrogen and oxygen atoms in total. The van der Waals surface area contributed by atoms with Gasteiger partial charge in [-0.25, -0.2) is 23.1 Å². The summed E-state index contributed by atoms with van der Waals surface area (Å²) in [5.74, 6) is 0. The number of hydrogen-bond donors (Lipinski definition) is 1. The van der Waals surface area contributed by atoms with Crippen LogP contribution in [0.15, 0.2) is 65.1 Å². The fraction of sp³-hybridized carbons (Fsp3) is 0. The van der Waals surface area contributed by atoms with Crippen LogP contribution in [0, 0.1) is 0 Å². The Morgan fingerprint density at radius 2 is 1.62 bits per heavy atom. The molecule has 0 aliphatic carbocycles. The van der Waals surface area contributed by atoms with Crippen molar-refractivity contribution >= 4 is 26.3 Å². The number of imidazole rings is 1. The van der Waals surface area contributed by atoms with E-state index in [4.69, 9.17) is 5.14 Å². The van der Waals surface area contributed by atoms with Crippen molar-refractivity contribution in [2.24, 2.45) is 5.14 Å². The highest BCUT2D eigenvalue weighted by molar-refractivity contribution is 7.91. The standard InChI is InChI=1S/C16H12N4O2S2/c17-24(21,22)16-19-20-10-14(18-15(20)23-16)13-9-5-4-8-12(13)11-6-2-1-3-7-11/h1-10H,(H2,17,21,22). The summed E-state index contributed by atoms with van der Waals surface area (Å²) in [5, 5.41) is 9.10. The van der Waals surface area contributed by atoms with Crippen LogP contribution in [0.25, 0.3) is 27.3 Å². The molecule has 2 aromatic carbocycles. The smallest absolute Gasteiger partial charge is 0.223 e. The Balaban J connectivity index is 1.85. The SMILES string of the molecule is NS(=O)(=O)c1nn2cc(-c3ccccc3-c3ccccc3)nc2s1. The van der Waals surface area contributed by atoms with E-state index in [1.165, 1.54) is 4.52 Å². The molecule has 2 heterocycles. The van der Waals surface area contributed by atoms with Crippen LogP contribution in [0.4, 0.5) is 0 Å². The summed E-state index contributed by atoms with van der Waals surface area (Å²) in [6.45, 7) is 0. The number of hydrogen-bond acceptors (Lipinski definition) is 5. The van der Waals surface area contributed by atoms with Crippen LogP contribution in [0.2, 0.25) is 0 Å². The van der Waals surface area contributed by atoms with Crippen LogP contribution >= 0.6 is 11.3 Å². The average Bonchev–Trinajstić information content (AvgIpc) is 3.14. The minimum atomic E-state index is -3.82. The topological polar surface area (TPSA) is 90.4 Å². The van der Waals surface area contributed by atoms with Gasteiger partial charge in [-0.05, 0) is 11.1 Å². The van der Waals surface area contributed by atoms with Crippen LogP contribution in [0.1, 0.15) is 0 Å². The molecule has 0 amide bonds. The summed E-state index contributed by atoms with van der Waals surface area (Å²) >= 11 is 0.949. The number of sulfonamides is 1. The fourth-order valence-corrected chi connectivity index (χ4v) is 4.01. The molecule has 4 aromatic rings. The Morgan fingerprint density at radius 3 is 2.29 bits per heavy atom. The van der Waals surface area contributed by atoms with Gasteiger partial charge in [0.1, 0.15) is 0 Å². The Morgan fingerprint density at radius 1 is 0.958 bits per heavy atom. The number of nitrogens with zero attached hydrogens (tertiary/aromatic N) is 3. The molecular weight excluding hydrogens is 344 g/mol. The summed E-state index contributed by atoms with van der Waals surface area (Å²) < 4.78 is 24.1. The van der Waals surface area contributed by atoms with Crippen LogP contribution in [-0.4, -0.2) is 23.0 Å². The highest BCUT2D eigenvalue weighted by Crippen LogP contribution is 2.32. The molecule has 4 rings (SSSR count). The zero-order chi connectivity index (χ0) is 16.7. The van der Waals surface area contributed by atoms with Gasteiger partial charge in [0.05, 0.1) is 11.9 Å². The third-order valence-corrected chi connectivity index (χ3v) is 5.79. The Kier molecular flexibility index (Phi) is 3.45. The van der Waals surface area contributed by atoms with E-state index in [0.717, 1.165) is 33.7 Å². The summed E-state index contributed by atoms with van der Waals surface area (Å²) in [6, 6.07) is 17.9. The van der Waals surface area contributed by atoms with Gasteiger partial charge in [0.15, 0.2) is 0 Å². The van der Waals surface area contributed by atoms with Gasteiger partial charge in [0, 0.05) is 5.56 Å². The Hall–Kier alpha value is -2.55. The molecule has 0 bridgehead atoms. The lowest BCUT2D eigenvalue weighted by atomic mass is 9.98. The predicted molar refractivity (Wildman–Crippen MR) is 93.1 cm³/mol. The number of rotatable bonds is 3. The summed E-state index contributed by atoms with van der Waals surface area (Å²) in [4.78, 5) is 4.99. The lowest BCUT2D eigenvalue weighted by Crippen LogP contribution is -2.12. The molecule has 0 saturated carbocycles. The Labute approximate surface area is 142 Å². The normalized spacial score (nSPS) is 11.9. The van der Waals surface area contributed by atoms with Crippen LogP contribution in [0.3, 0.4) is 0 Å². The van der Waals surface area contributed by atoms with Crippen molar-refractivity contribution in [3.63, 3.8) is 0 Å². The van der Waals surface area contributed by atoms with Crippen LogP contribution in [0.5, 0.6) is 0 Å². The largest absolute Gasteiger partial charge is 0.267 e. The van der Waals surface area contributed by atoms with Gasteiger partial charge in [0.25, 0.3) is 10.0 Å². The average molecular weight is 356 g/mol. The molecule has 0 radical (unpaired) electrons. The van der Waals surface area contributed by atoms with E-state index in [0.29, 0.717) is 4.96 Å². The number of aromatic nitrogens is 3. The Bertz CT molecular complexity index is 1100. The van der Waals surface area contributed by atoms with Crippen molar-refractivity contribution in [3.8, 4) is 22.4 Å². The maximum absolute atomic E-state index is 11.4.